The van der Waals surface area contributed by atoms with E-state index in [1.165, 1.54) is 21.3 Å². The number of hydrogen-bond donors (Lipinski definition) is 1. The number of allylic oxidation sites excluding steroid dienone is 1. The Kier molecular flexibility index (Phi) is 10.5. The summed E-state index contributed by atoms with van der Waals surface area (Å²) in [6.45, 7) is 6.96. The molecule has 0 bridgehead atoms. The third kappa shape index (κ3) is 8.83. The van der Waals surface area contributed by atoms with Gasteiger partial charge in [-0.15, -0.1) is 0 Å². The first kappa shape index (κ1) is 26.1. The van der Waals surface area contributed by atoms with E-state index in [1.807, 2.05) is 6.08 Å². The third-order valence-electron chi connectivity index (χ3n) is 4.01. The fraction of sp³-hybridized carbons (Fsp3) is 0.286. The van der Waals surface area contributed by atoms with Gasteiger partial charge in [0, 0.05) is 0 Å². The van der Waals surface area contributed by atoms with Gasteiger partial charge in [-0.1, -0.05) is 0 Å². The molecule has 4 nitrogen and oxygen atoms in total. The summed E-state index contributed by atoms with van der Waals surface area (Å²) < 4.78 is 60.3. The fourth-order valence-electron chi connectivity index (χ4n) is 2.48. The van der Waals surface area contributed by atoms with E-state index in [2.05, 4.69) is 78.9 Å². The third-order valence-corrected chi connectivity index (χ3v) is 6.40. The number of halogens is 3. The van der Waals surface area contributed by atoms with Gasteiger partial charge in [-0.3, -0.25) is 0 Å². The summed E-state index contributed by atoms with van der Waals surface area (Å²) in [7, 11) is -6.09. The molecule has 0 saturated heterocycles. The van der Waals surface area contributed by atoms with E-state index in [0.29, 0.717) is 20.9 Å². The molecule has 0 aliphatic heterocycles. The predicted molar refractivity (Wildman–Crippen MR) is 112 cm³/mol. The van der Waals surface area contributed by atoms with Crippen LogP contribution in [-0.4, -0.2) is 38.0 Å². The minimum atomic E-state index is -6.09. The van der Waals surface area contributed by atoms with Gasteiger partial charge in [0.25, 0.3) is 0 Å². The molecular formula is C21H24F3NO3SSe. The summed E-state index contributed by atoms with van der Waals surface area (Å²) in [6.07, 6.45) is 3.01. The zero-order valence-electron chi connectivity index (χ0n) is 16.6. The Balaban J connectivity index is 0.000000479. The molecular weight excluding hydrogens is 482 g/mol. The molecule has 0 aliphatic carbocycles. The summed E-state index contributed by atoms with van der Waals surface area (Å²) >= 11 is 0.453. The zero-order valence-corrected chi connectivity index (χ0v) is 19.2. The summed E-state index contributed by atoms with van der Waals surface area (Å²) in [6, 6.07) is 19.5. The SMILES string of the molecule is C=CCC(C(=[NH+]Cc1ccc(C)cc1)[Se]C)c1ccccc1.O=S(=O)([O-])C(F)(F)F. The fourth-order valence-corrected chi connectivity index (χ4v) is 4.02. The summed E-state index contributed by atoms with van der Waals surface area (Å²) in [5.74, 6) is 2.71. The van der Waals surface area contributed by atoms with Crippen molar-refractivity contribution >= 4 is 29.7 Å². The first-order valence-corrected chi connectivity index (χ1v) is 12.9. The molecule has 164 valence electrons. The molecule has 1 unspecified atom stereocenters. The summed E-state index contributed by atoms with van der Waals surface area (Å²) in [4.78, 5) is 3.69. The quantitative estimate of drug-likeness (QED) is 0.206. The van der Waals surface area contributed by atoms with Crippen molar-refractivity contribution in [2.75, 3.05) is 0 Å². The first-order chi connectivity index (χ1) is 14.0. The Morgan fingerprint density at radius 2 is 1.70 bits per heavy atom. The second-order valence-electron chi connectivity index (χ2n) is 6.30. The Hall–Kier alpha value is -1.93. The molecule has 0 radical (unpaired) electrons. The molecule has 0 heterocycles. The van der Waals surface area contributed by atoms with Crippen molar-refractivity contribution in [1.82, 2.24) is 0 Å². The minimum Gasteiger partial charge on any atom is -0.741 e. The molecule has 0 amide bonds. The first-order valence-electron chi connectivity index (χ1n) is 8.87. The molecule has 2 aromatic rings. The van der Waals surface area contributed by atoms with Crippen LogP contribution < -0.4 is 4.99 Å². The number of nitrogens with one attached hydrogen (secondary N) is 1. The molecule has 30 heavy (non-hydrogen) atoms. The molecule has 9 heteroatoms. The van der Waals surface area contributed by atoms with Crippen LogP contribution in [0, 0.1) is 6.92 Å². The Morgan fingerprint density at radius 1 is 1.17 bits per heavy atom. The van der Waals surface area contributed by atoms with Gasteiger partial charge in [-0.05, 0) is 0 Å². The monoisotopic (exact) mass is 507 g/mol. The normalized spacial score (nSPS) is 13.2. The number of alkyl halides is 3. The number of aryl methyl sites for hydroxylation is 1. The van der Waals surface area contributed by atoms with Gasteiger partial charge in [-0.2, -0.15) is 13.2 Å². The van der Waals surface area contributed by atoms with E-state index in [4.69, 9.17) is 13.0 Å². The van der Waals surface area contributed by atoms with Crippen molar-refractivity contribution in [2.24, 2.45) is 0 Å². The maximum atomic E-state index is 10.7. The zero-order chi connectivity index (χ0) is 22.8. The second-order valence-corrected chi connectivity index (χ2v) is 9.45. The van der Waals surface area contributed by atoms with Gasteiger partial charge in [-0.25, -0.2) is 8.42 Å². The number of rotatable bonds is 7. The molecule has 0 saturated carbocycles. The van der Waals surface area contributed by atoms with E-state index < -0.39 is 15.6 Å². The average Bonchev–Trinajstić information content (AvgIpc) is 2.68. The number of hydrogen-bond acceptors (Lipinski definition) is 3. The number of benzene rings is 2. The van der Waals surface area contributed by atoms with Crippen LogP contribution in [0.3, 0.4) is 0 Å². The minimum absolute atomic E-state index is 0.425. The largest absolute Gasteiger partial charge is 0.741 e. The van der Waals surface area contributed by atoms with E-state index in [1.54, 1.807) is 0 Å². The molecule has 0 spiro atoms. The molecule has 1 atom stereocenters. The van der Waals surface area contributed by atoms with Gasteiger partial charge >= 0.3 is 146 Å². The van der Waals surface area contributed by atoms with Crippen molar-refractivity contribution in [3.63, 3.8) is 0 Å². The average molecular weight is 506 g/mol. The molecule has 0 aromatic heterocycles. The summed E-state index contributed by atoms with van der Waals surface area (Å²) in [5, 5.41) is 0. The predicted octanol–water partition coefficient (Wildman–Crippen LogP) is 3.14. The van der Waals surface area contributed by atoms with E-state index in [-0.39, 0.29) is 0 Å². The second kappa shape index (κ2) is 12.1. The van der Waals surface area contributed by atoms with Gasteiger partial charge < -0.3 is 4.55 Å². The van der Waals surface area contributed by atoms with Gasteiger partial charge in [0.05, 0.1) is 0 Å². The smallest absolute Gasteiger partial charge is 0.485 e. The molecule has 1 N–H and O–H groups in total. The van der Waals surface area contributed by atoms with Crippen molar-refractivity contribution in [3.8, 4) is 0 Å². The molecule has 0 aliphatic rings. The van der Waals surface area contributed by atoms with Crippen LogP contribution in [0.25, 0.3) is 0 Å². The van der Waals surface area contributed by atoms with E-state index in [0.717, 1.165) is 13.0 Å². The molecule has 2 aromatic carbocycles. The van der Waals surface area contributed by atoms with Crippen LogP contribution in [0.4, 0.5) is 13.2 Å². The van der Waals surface area contributed by atoms with E-state index in [9.17, 15) is 13.2 Å². The topological polar surface area (TPSA) is 71.2 Å². The Labute approximate surface area is 181 Å². The maximum absolute atomic E-state index is 10.7. The van der Waals surface area contributed by atoms with Crippen LogP contribution in [0.5, 0.6) is 0 Å². The van der Waals surface area contributed by atoms with Crippen LogP contribution in [-0.2, 0) is 16.7 Å². The van der Waals surface area contributed by atoms with Crippen LogP contribution >= 0.6 is 0 Å². The van der Waals surface area contributed by atoms with Gasteiger partial charge in [0.15, 0.2) is 10.1 Å². The van der Waals surface area contributed by atoms with Gasteiger partial charge in [0.1, 0.15) is 0 Å². The van der Waals surface area contributed by atoms with E-state index >= 15 is 0 Å². The van der Waals surface area contributed by atoms with Crippen molar-refractivity contribution in [3.05, 3.63) is 83.9 Å². The van der Waals surface area contributed by atoms with Crippen LogP contribution in [0.15, 0.2) is 67.3 Å². The van der Waals surface area contributed by atoms with Crippen molar-refractivity contribution in [1.29, 1.82) is 0 Å². The van der Waals surface area contributed by atoms with Crippen molar-refractivity contribution in [2.45, 2.75) is 37.1 Å². The summed E-state index contributed by atoms with van der Waals surface area (Å²) in [5.41, 5.74) is -1.63. The van der Waals surface area contributed by atoms with Crippen molar-refractivity contribution < 1.29 is 31.1 Å². The Morgan fingerprint density at radius 3 is 2.13 bits per heavy atom. The molecule has 0 fully saturated rings. The van der Waals surface area contributed by atoms with Gasteiger partial charge in [0.2, 0.25) is 0 Å². The van der Waals surface area contributed by atoms with Crippen LogP contribution in [0.2, 0.25) is 5.82 Å². The standard InChI is InChI=1S/C20H23NSe.CHF3O3S/c1-4-8-19(18-9-6-5-7-10-18)20(22-3)21-15-17-13-11-16(2)12-14-17;2-1(3,4)8(5,6)7/h4-7,9-14,19H,1,8,15H2,2-3H3;(H,5,6,7). The van der Waals surface area contributed by atoms with Crippen LogP contribution in [0.1, 0.15) is 29.0 Å². The molecule has 2 rings (SSSR count). The maximum Gasteiger partial charge on any atom is 0.485 e. The Bertz CT molecular complexity index is 928.